The van der Waals surface area contributed by atoms with E-state index in [1.165, 1.54) is 0 Å². The van der Waals surface area contributed by atoms with E-state index in [2.05, 4.69) is 19.9 Å². The summed E-state index contributed by atoms with van der Waals surface area (Å²) in [6.45, 7) is 7.99. The van der Waals surface area contributed by atoms with Gasteiger partial charge in [-0.2, -0.15) is 0 Å². The second kappa shape index (κ2) is 2.97. The molecule has 0 amide bonds. The summed E-state index contributed by atoms with van der Waals surface area (Å²) in [5.74, 6) is 1.63. The number of aromatic amines is 2. The number of aryl methyl sites for hydroxylation is 4. The molecule has 0 aliphatic rings. The van der Waals surface area contributed by atoms with Gasteiger partial charge in [-0.15, -0.1) is 0 Å². The van der Waals surface area contributed by atoms with Crippen LogP contribution in [0.1, 0.15) is 22.8 Å². The third-order valence-corrected chi connectivity index (χ3v) is 2.48. The van der Waals surface area contributed by atoms with Crippen molar-refractivity contribution in [3.63, 3.8) is 0 Å². The highest BCUT2D eigenvalue weighted by Crippen LogP contribution is 2.15. The van der Waals surface area contributed by atoms with E-state index in [9.17, 15) is 0 Å². The Morgan fingerprint density at radius 2 is 1.07 bits per heavy atom. The molecule has 0 spiro atoms. The maximum Gasteiger partial charge on any atom is 0.174 e. The molecule has 0 atom stereocenters. The third-order valence-electron chi connectivity index (χ3n) is 2.48. The standard InChI is InChI=1S/C10H14N4/c1-5-6(2)12-9(11-5)10-13-7(3)8(4)14-10/h1-4H3,(H,11,12)(H,13,14). The first-order chi connectivity index (χ1) is 6.58. The fourth-order valence-corrected chi connectivity index (χ4v) is 1.32. The van der Waals surface area contributed by atoms with Gasteiger partial charge in [0.1, 0.15) is 0 Å². The highest BCUT2D eigenvalue weighted by molar-refractivity contribution is 5.46. The quantitative estimate of drug-likeness (QED) is 0.722. The Morgan fingerprint density at radius 1 is 0.714 bits per heavy atom. The molecule has 0 radical (unpaired) electrons. The summed E-state index contributed by atoms with van der Waals surface area (Å²) in [5, 5.41) is 0. The molecule has 0 aliphatic carbocycles. The molecular weight excluding hydrogens is 176 g/mol. The van der Waals surface area contributed by atoms with Crippen LogP contribution in [0.3, 0.4) is 0 Å². The van der Waals surface area contributed by atoms with E-state index >= 15 is 0 Å². The summed E-state index contributed by atoms with van der Waals surface area (Å²) in [6, 6.07) is 0. The molecule has 14 heavy (non-hydrogen) atoms. The molecule has 4 nitrogen and oxygen atoms in total. The van der Waals surface area contributed by atoms with E-state index < -0.39 is 0 Å². The summed E-state index contributed by atoms with van der Waals surface area (Å²) in [7, 11) is 0. The van der Waals surface area contributed by atoms with Gasteiger partial charge in [0.2, 0.25) is 0 Å². The molecule has 2 heterocycles. The average Bonchev–Trinajstić information content (AvgIpc) is 2.60. The van der Waals surface area contributed by atoms with Crippen LogP contribution in [-0.2, 0) is 0 Å². The molecule has 0 saturated carbocycles. The Kier molecular flexibility index (Phi) is 1.91. The molecule has 0 fully saturated rings. The van der Waals surface area contributed by atoms with E-state index in [4.69, 9.17) is 0 Å². The van der Waals surface area contributed by atoms with Crippen LogP contribution in [0, 0.1) is 27.7 Å². The zero-order valence-electron chi connectivity index (χ0n) is 8.89. The molecule has 2 aromatic rings. The van der Waals surface area contributed by atoms with Gasteiger partial charge in [-0.3, -0.25) is 0 Å². The van der Waals surface area contributed by atoms with Gasteiger partial charge in [-0.25, -0.2) is 9.97 Å². The molecule has 74 valence electrons. The number of aromatic nitrogens is 4. The number of H-pyrrole nitrogens is 2. The number of imidazole rings is 2. The van der Waals surface area contributed by atoms with Crippen molar-refractivity contribution in [2.45, 2.75) is 27.7 Å². The van der Waals surface area contributed by atoms with Crippen molar-refractivity contribution < 1.29 is 0 Å². The van der Waals surface area contributed by atoms with Gasteiger partial charge in [0.05, 0.1) is 11.4 Å². The minimum atomic E-state index is 0.816. The topological polar surface area (TPSA) is 57.4 Å². The molecule has 0 bridgehead atoms. The zero-order chi connectivity index (χ0) is 10.3. The molecule has 0 saturated heterocycles. The second-order valence-corrected chi connectivity index (χ2v) is 3.59. The average molecular weight is 190 g/mol. The Bertz CT molecular complexity index is 381. The Hall–Kier alpha value is -1.58. The van der Waals surface area contributed by atoms with Gasteiger partial charge in [-0.1, -0.05) is 0 Å². The van der Waals surface area contributed by atoms with Crippen molar-refractivity contribution in [1.82, 2.24) is 19.9 Å². The molecule has 2 aromatic heterocycles. The normalized spacial score (nSPS) is 10.9. The molecular formula is C10H14N4. The molecule has 2 rings (SSSR count). The number of nitrogens with one attached hydrogen (secondary N) is 2. The van der Waals surface area contributed by atoms with Crippen molar-refractivity contribution >= 4 is 0 Å². The van der Waals surface area contributed by atoms with Crippen LogP contribution < -0.4 is 0 Å². The lowest BCUT2D eigenvalue weighted by molar-refractivity contribution is 1.16. The highest BCUT2D eigenvalue weighted by Gasteiger charge is 2.09. The summed E-state index contributed by atoms with van der Waals surface area (Å²) in [5.41, 5.74) is 4.22. The summed E-state index contributed by atoms with van der Waals surface area (Å²) >= 11 is 0. The largest absolute Gasteiger partial charge is 0.339 e. The van der Waals surface area contributed by atoms with Gasteiger partial charge >= 0.3 is 0 Å². The lowest BCUT2D eigenvalue weighted by atomic mass is 10.4. The Labute approximate surface area is 82.8 Å². The first kappa shape index (κ1) is 8.99. The number of hydrogen-bond acceptors (Lipinski definition) is 2. The van der Waals surface area contributed by atoms with Crippen LogP contribution in [0.2, 0.25) is 0 Å². The van der Waals surface area contributed by atoms with Crippen molar-refractivity contribution in [2.24, 2.45) is 0 Å². The number of rotatable bonds is 1. The molecule has 0 aliphatic heterocycles. The SMILES string of the molecule is Cc1nc(-c2nc(C)c(C)[nH]2)[nH]c1C. The van der Waals surface area contributed by atoms with E-state index in [0.717, 1.165) is 34.4 Å². The summed E-state index contributed by atoms with van der Waals surface area (Å²) in [6.07, 6.45) is 0. The zero-order valence-corrected chi connectivity index (χ0v) is 8.89. The van der Waals surface area contributed by atoms with Crippen LogP contribution in [0.5, 0.6) is 0 Å². The Morgan fingerprint density at radius 3 is 1.29 bits per heavy atom. The van der Waals surface area contributed by atoms with Gasteiger partial charge < -0.3 is 9.97 Å². The minimum absolute atomic E-state index is 0.816. The maximum atomic E-state index is 4.39. The van der Waals surface area contributed by atoms with E-state index in [1.54, 1.807) is 0 Å². The van der Waals surface area contributed by atoms with Crippen molar-refractivity contribution in [2.75, 3.05) is 0 Å². The van der Waals surface area contributed by atoms with E-state index in [-0.39, 0.29) is 0 Å². The van der Waals surface area contributed by atoms with Gasteiger partial charge in [-0.05, 0) is 27.7 Å². The highest BCUT2D eigenvalue weighted by atomic mass is 15.0. The van der Waals surface area contributed by atoms with E-state index in [0.29, 0.717) is 0 Å². The van der Waals surface area contributed by atoms with Crippen molar-refractivity contribution in [3.05, 3.63) is 22.8 Å². The Balaban J connectivity index is 2.49. The lowest BCUT2D eigenvalue weighted by Crippen LogP contribution is -1.83. The van der Waals surface area contributed by atoms with Crippen LogP contribution >= 0.6 is 0 Å². The maximum absolute atomic E-state index is 4.39. The van der Waals surface area contributed by atoms with Crippen LogP contribution in [0.25, 0.3) is 11.6 Å². The van der Waals surface area contributed by atoms with Gasteiger partial charge in [0.25, 0.3) is 0 Å². The fraction of sp³-hybridized carbons (Fsp3) is 0.400. The monoisotopic (exact) mass is 190 g/mol. The first-order valence-electron chi connectivity index (χ1n) is 4.64. The third kappa shape index (κ3) is 1.32. The first-order valence-corrected chi connectivity index (χ1v) is 4.64. The molecule has 0 unspecified atom stereocenters. The molecule has 4 heteroatoms. The van der Waals surface area contributed by atoms with Crippen LogP contribution in [-0.4, -0.2) is 19.9 Å². The van der Waals surface area contributed by atoms with E-state index in [1.807, 2.05) is 27.7 Å². The summed E-state index contributed by atoms with van der Waals surface area (Å²) in [4.78, 5) is 15.2. The molecule has 0 aromatic carbocycles. The van der Waals surface area contributed by atoms with Crippen molar-refractivity contribution in [1.29, 1.82) is 0 Å². The summed E-state index contributed by atoms with van der Waals surface area (Å²) < 4.78 is 0. The minimum Gasteiger partial charge on any atom is -0.339 e. The molecule has 2 N–H and O–H groups in total. The predicted octanol–water partition coefficient (Wildman–Crippen LogP) is 2.03. The van der Waals surface area contributed by atoms with Gasteiger partial charge in [0.15, 0.2) is 11.6 Å². The lowest BCUT2D eigenvalue weighted by Gasteiger charge is -1.87. The number of nitrogens with zero attached hydrogens (tertiary/aromatic N) is 2. The van der Waals surface area contributed by atoms with Crippen LogP contribution in [0.15, 0.2) is 0 Å². The smallest absolute Gasteiger partial charge is 0.174 e. The van der Waals surface area contributed by atoms with Crippen LogP contribution in [0.4, 0.5) is 0 Å². The van der Waals surface area contributed by atoms with Crippen molar-refractivity contribution in [3.8, 4) is 11.6 Å². The predicted molar refractivity (Wildman–Crippen MR) is 55.1 cm³/mol. The van der Waals surface area contributed by atoms with Gasteiger partial charge in [0, 0.05) is 11.4 Å². The second-order valence-electron chi connectivity index (χ2n) is 3.59. The number of hydrogen-bond donors (Lipinski definition) is 2. The fourth-order valence-electron chi connectivity index (χ4n) is 1.32.